The number of urea groups is 1. The molecule has 1 aromatic carbocycles. The van der Waals surface area contributed by atoms with Crippen molar-refractivity contribution in [1.82, 2.24) is 20.4 Å². The third-order valence-corrected chi connectivity index (χ3v) is 4.89. The van der Waals surface area contributed by atoms with Gasteiger partial charge >= 0.3 is 6.03 Å². The Bertz CT molecular complexity index is 778. The Balaban J connectivity index is 1.60. The van der Waals surface area contributed by atoms with E-state index in [1.54, 1.807) is 0 Å². The van der Waals surface area contributed by atoms with Gasteiger partial charge in [0, 0.05) is 43.2 Å². The first-order valence-corrected chi connectivity index (χ1v) is 8.96. The normalized spacial score (nSPS) is 15.0. The summed E-state index contributed by atoms with van der Waals surface area (Å²) in [7, 11) is 0. The van der Waals surface area contributed by atoms with E-state index in [-0.39, 0.29) is 18.9 Å². The van der Waals surface area contributed by atoms with Crippen LogP contribution in [0.15, 0.2) is 30.5 Å². The first kappa shape index (κ1) is 18.0. The molecule has 1 saturated heterocycles. The first-order chi connectivity index (χ1) is 12.5. The Labute approximate surface area is 153 Å². The van der Waals surface area contributed by atoms with E-state index in [4.69, 9.17) is 5.73 Å². The molecule has 1 aliphatic rings. The van der Waals surface area contributed by atoms with Crippen LogP contribution in [-0.4, -0.2) is 46.7 Å². The van der Waals surface area contributed by atoms with Gasteiger partial charge in [0.1, 0.15) is 0 Å². The molecule has 0 aliphatic carbocycles. The van der Waals surface area contributed by atoms with Gasteiger partial charge in [-0.3, -0.25) is 9.89 Å². The minimum absolute atomic E-state index is 0.0562. The van der Waals surface area contributed by atoms with Crippen LogP contribution in [0, 0.1) is 6.92 Å². The van der Waals surface area contributed by atoms with Gasteiger partial charge in [0.05, 0.1) is 6.20 Å². The topological polar surface area (TPSA) is 104 Å². The van der Waals surface area contributed by atoms with Crippen molar-refractivity contribution in [2.45, 2.75) is 32.1 Å². The van der Waals surface area contributed by atoms with Crippen molar-refractivity contribution in [3.05, 3.63) is 41.7 Å². The minimum Gasteiger partial charge on any atom is -0.352 e. The second kappa shape index (κ2) is 8.03. The lowest BCUT2D eigenvalue weighted by molar-refractivity contribution is -0.132. The highest BCUT2D eigenvalue weighted by Crippen LogP contribution is 2.34. The summed E-state index contributed by atoms with van der Waals surface area (Å²) < 4.78 is 0. The van der Waals surface area contributed by atoms with Crippen LogP contribution in [0.3, 0.4) is 0 Å². The van der Waals surface area contributed by atoms with Crippen molar-refractivity contribution in [2.75, 3.05) is 19.6 Å². The fourth-order valence-corrected chi connectivity index (χ4v) is 3.52. The van der Waals surface area contributed by atoms with Crippen molar-refractivity contribution in [2.24, 2.45) is 5.73 Å². The summed E-state index contributed by atoms with van der Waals surface area (Å²) in [5, 5.41) is 9.88. The molecule has 7 nitrogen and oxygen atoms in total. The number of carbonyl (C=O) groups is 2. The molecule has 1 aliphatic heterocycles. The zero-order valence-electron chi connectivity index (χ0n) is 15.0. The fraction of sp³-hybridized carbons (Fsp3) is 0.421. The van der Waals surface area contributed by atoms with Gasteiger partial charge in [0.15, 0.2) is 0 Å². The third-order valence-electron chi connectivity index (χ3n) is 4.89. The Hall–Kier alpha value is -2.83. The summed E-state index contributed by atoms with van der Waals surface area (Å²) >= 11 is 0. The molecule has 1 fully saturated rings. The molecule has 4 N–H and O–H groups in total. The van der Waals surface area contributed by atoms with E-state index in [1.165, 1.54) is 11.1 Å². The van der Waals surface area contributed by atoms with Gasteiger partial charge in [-0.1, -0.05) is 29.8 Å². The van der Waals surface area contributed by atoms with Crippen LogP contribution >= 0.6 is 0 Å². The van der Waals surface area contributed by atoms with Gasteiger partial charge in [0.25, 0.3) is 0 Å². The number of amides is 3. The average molecular weight is 355 g/mol. The number of nitrogens with zero attached hydrogens (tertiary/aromatic N) is 2. The monoisotopic (exact) mass is 355 g/mol. The highest BCUT2D eigenvalue weighted by Gasteiger charge is 2.26. The van der Waals surface area contributed by atoms with Gasteiger partial charge in [-0.15, -0.1) is 0 Å². The summed E-state index contributed by atoms with van der Waals surface area (Å²) in [6, 6.07) is 7.81. The number of rotatable bonds is 5. The summed E-state index contributed by atoms with van der Waals surface area (Å²) in [5.41, 5.74) is 9.70. The lowest BCUT2D eigenvalue weighted by Crippen LogP contribution is -2.40. The number of benzene rings is 1. The summed E-state index contributed by atoms with van der Waals surface area (Å²) in [4.78, 5) is 24.8. The summed E-state index contributed by atoms with van der Waals surface area (Å²) in [6.45, 7) is 3.80. The number of hydrogen-bond acceptors (Lipinski definition) is 3. The number of nitrogens with two attached hydrogens (primary N) is 1. The van der Waals surface area contributed by atoms with E-state index in [1.807, 2.05) is 11.1 Å². The van der Waals surface area contributed by atoms with Crippen molar-refractivity contribution >= 4 is 11.9 Å². The quantitative estimate of drug-likeness (QED) is 0.765. The number of H-pyrrole nitrogens is 1. The van der Waals surface area contributed by atoms with Crippen LogP contribution in [0.25, 0.3) is 11.1 Å². The standard InChI is InChI=1S/C19H25N5O2/c1-13-3-2-4-15(11-13)16-12-22-23-18(16)14-6-9-24(10-7-14)17(25)5-8-21-19(20)26/h2-4,11-12,14H,5-10H2,1H3,(H,22,23)(H3,20,21,26). The number of aromatic nitrogens is 2. The van der Waals surface area contributed by atoms with Crippen molar-refractivity contribution < 1.29 is 9.59 Å². The molecular weight excluding hydrogens is 330 g/mol. The fourth-order valence-electron chi connectivity index (χ4n) is 3.52. The zero-order chi connectivity index (χ0) is 18.5. The van der Waals surface area contributed by atoms with Gasteiger partial charge in [-0.2, -0.15) is 5.10 Å². The highest BCUT2D eigenvalue weighted by molar-refractivity contribution is 5.78. The molecule has 3 amide bonds. The number of carbonyl (C=O) groups excluding carboxylic acids is 2. The van der Waals surface area contributed by atoms with Crippen LogP contribution in [0.4, 0.5) is 4.79 Å². The molecule has 0 saturated carbocycles. The Morgan fingerprint density at radius 2 is 2.12 bits per heavy atom. The molecule has 7 heteroatoms. The maximum absolute atomic E-state index is 12.2. The molecule has 26 heavy (non-hydrogen) atoms. The molecule has 0 atom stereocenters. The lowest BCUT2D eigenvalue weighted by Gasteiger charge is -2.32. The van der Waals surface area contributed by atoms with E-state index < -0.39 is 6.03 Å². The van der Waals surface area contributed by atoms with Gasteiger partial charge < -0.3 is 16.0 Å². The van der Waals surface area contributed by atoms with E-state index >= 15 is 0 Å². The predicted octanol–water partition coefficient (Wildman–Crippen LogP) is 2.15. The van der Waals surface area contributed by atoms with Crippen LogP contribution in [0.2, 0.25) is 0 Å². The zero-order valence-corrected chi connectivity index (χ0v) is 15.0. The SMILES string of the molecule is Cc1cccc(-c2cn[nH]c2C2CCN(C(=O)CCNC(N)=O)CC2)c1. The van der Waals surface area contributed by atoms with Crippen LogP contribution in [-0.2, 0) is 4.79 Å². The van der Waals surface area contributed by atoms with Crippen LogP contribution in [0.1, 0.15) is 36.4 Å². The molecule has 1 aromatic heterocycles. The molecule has 0 radical (unpaired) electrons. The maximum Gasteiger partial charge on any atom is 0.312 e. The predicted molar refractivity (Wildman–Crippen MR) is 99.5 cm³/mol. The Morgan fingerprint density at radius 1 is 1.35 bits per heavy atom. The van der Waals surface area contributed by atoms with Gasteiger partial charge in [-0.25, -0.2) is 4.79 Å². The summed E-state index contributed by atoms with van der Waals surface area (Å²) in [5.74, 6) is 0.418. The molecule has 138 valence electrons. The van der Waals surface area contributed by atoms with E-state index in [0.717, 1.165) is 24.1 Å². The number of aromatic amines is 1. The lowest BCUT2D eigenvalue weighted by atomic mass is 9.89. The Kier molecular flexibility index (Phi) is 5.55. The number of primary amides is 1. The second-order valence-electron chi connectivity index (χ2n) is 6.76. The summed E-state index contributed by atoms with van der Waals surface area (Å²) in [6.07, 6.45) is 3.97. The van der Waals surface area contributed by atoms with Gasteiger partial charge in [0.2, 0.25) is 5.91 Å². The smallest absolute Gasteiger partial charge is 0.312 e. The third kappa shape index (κ3) is 4.22. The number of piperidine rings is 1. The molecule has 2 aromatic rings. The number of hydrogen-bond donors (Lipinski definition) is 3. The van der Waals surface area contributed by atoms with Crippen molar-refractivity contribution in [3.8, 4) is 11.1 Å². The van der Waals surface area contributed by atoms with Gasteiger partial charge in [-0.05, 0) is 25.3 Å². The van der Waals surface area contributed by atoms with Crippen molar-refractivity contribution in [1.29, 1.82) is 0 Å². The van der Waals surface area contributed by atoms with Crippen molar-refractivity contribution in [3.63, 3.8) is 0 Å². The van der Waals surface area contributed by atoms with E-state index in [0.29, 0.717) is 19.0 Å². The molecule has 3 rings (SSSR count). The number of likely N-dealkylation sites (tertiary alicyclic amines) is 1. The van der Waals surface area contributed by atoms with Crippen LogP contribution < -0.4 is 11.1 Å². The number of nitrogens with one attached hydrogen (secondary N) is 2. The van der Waals surface area contributed by atoms with Crippen LogP contribution in [0.5, 0.6) is 0 Å². The van der Waals surface area contributed by atoms with E-state index in [2.05, 4.69) is 46.7 Å². The Morgan fingerprint density at radius 3 is 2.81 bits per heavy atom. The van der Waals surface area contributed by atoms with E-state index in [9.17, 15) is 9.59 Å². The molecule has 2 heterocycles. The molecule has 0 spiro atoms. The molecular formula is C19H25N5O2. The second-order valence-corrected chi connectivity index (χ2v) is 6.76. The molecule has 0 unspecified atom stereocenters. The average Bonchev–Trinajstić information content (AvgIpc) is 3.11. The first-order valence-electron chi connectivity index (χ1n) is 8.96. The largest absolute Gasteiger partial charge is 0.352 e. The minimum atomic E-state index is -0.598. The number of aryl methyl sites for hydroxylation is 1. The maximum atomic E-state index is 12.2. The highest BCUT2D eigenvalue weighted by atomic mass is 16.2. The molecule has 0 bridgehead atoms.